The Balaban J connectivity index is 2.53. The van der Waals surface area contributed by atoms with Gasteiger partial charge in [0.15, 0.2) is 0 Å². The molecule has 0 aliphatic carbocycles. The smallest absolute Gasteiger partial charge is 0.242 e. The number of nitrogens with one attached hydrogen (secondary N) is 1. The Morgan fingerprint density at radius 1 is 1.53 bits per heavy atom. The standard InChI is InChI=1S/C11H18N2OS/c1-3-8(4-2)13-11(14)10(12)9-6-5-7-15-9/h5-8,10H,3-4,12H2,1-2H3,(H,13,14). The lowest BCUT2D eigenvalue weighted by Gasteiger charge is -2.17. The molecule has 0 saturated carbocycles. The lowest BCUT2D eigenvalue weighted by molar-refractivity contribution is -0.123. The van der Waals surface area contributed by atoms with Crippen LogP contribution in [0, 0.1) is 0 Å². The maximum atomic E-state index is 11.7. The monoisotopic (exact) mass is 226 g/mol. The van der Waals surface area contributed by atoms with Gasteiger partial charge in [-0.25, -0.2) is 0 Å². The molecule has 0 saturated heterocycles. The maximum Gasteiger partial charge on any atom is 0.242 e. The van der Waals surface area contributed by atoms with Gasteiger partial charge in [-0.05, 0) is 24.3 Å². The number of hydrogen-bond donors (Lipinski definition) is 2. The van der Waals surface area contributed by atoms with E-state index in [1.165, 1.54) is 11.3 Å². The fourth-order valence-corrected chi connectivity index (χ4v) is 2.11. The van der Waals surface area contributed by atoms with E-state index in [-0.39, 0.29) is 11.9 Å². The molecule has 3 N–H and O–H groups in total. The van der Waals surface area contributed by atoms with Crippen molar-refractivity contribution < 1.29 is 4.79 Å². The van der Waals surface area contributed by atoms with Crippen LogP contribution in [0.1, 0.15) is 37.6 Å². The first-order valence-electron chi connectivity index (χ1n) is 5.28. The SMILES string of the molecule is CCC(CC)NC(=O)C(N)c1cccs1. The summed E-state index contributed by atoms with van der Waals surface area (Å²) in [5.41, 5.74) is 5.84. The number of rotatable bonds is 5. The zero-order chi connectivity index (χ0) is 11.3. The van der Waals surface area contributed by atoms with Crippen LogP contribution in [0.5, 0.6) is 0 Å². The van der Waals surface area contributed by atoms with Gasteiger partial charge in [0.25, 0.3) is 0 Å². The first kappa shape index (κ1) is 12.2. The van der Waals surface area contributed by atoms with Gasteiger partial charge in [-0.3, -0.25) is 4.79 Å². The van der Waals surface area contributed by atoms with Crippen LogP contribution in [0.4, 0.5) is 0 Å². The number of thiophene rings is 1. The second kappa shape index (κ2) is 5.88. The highest BCUT2D eigenvalue weighted by Crippen LogP contribution is 2.17. The van der Waals surface area contributed by atoms with Crippen molar-refractivity contribution in [3.05, 3.63) is 22.4 Å². The minimum Gasteiger partial charge on any atom is -0.352 e. The van der Waals surface area contributed by atoms with Gasteiger partial charge in [0.05, 0.1) is 0 Å². The average Bonchev–Trinajstić information content (AvgIpc) is 2.77. The first-order chi connectivity index (χ1) is 7.19. The van der Waals surface area contributed by atoms with E-state index in [2.05, 4.69) is 19.2 Å². The Kier molecular flexibility index (Phi) is 4.78. The third-order valence-electron chi connectivity index (χ3n) is 2.46. The second-order valence-electron chi connectivity index (χ2n) is 3.52. The summed E-state index contributed by atoms with van der Waals surface area (Å²) in [7, 11) is 0. The van der Waals surface area contributed by atoms with E-state index in [1.807, 2.05) is 17.5 Å². The van der Waals surface area contributed by atoms with Gasteiger partial charge in [0.2, 0.25) is 5.91 Å². The molecule has 0 radical (unpaired) electrons. The largest absolute Gasteiger partial charge is 0.352 e. The quantitative estimate of drug-likeness (QED) is 0.807. The molecule has 0 aliphatic heterocycles. The summed E-state index contributed by atoms with van der Waals surface area (Å²) in [6.45, 7) is 4.12. The van der Waals surface area contributed by atoms with E-state index in [1.54, 1.807) is 0 Å². The molecule has 1 unspecified atom stereocenters. The number of carbonyl (C=O) groups is 1. The van der Waals surface area contributed by atoms with Gasteiger partial charge in [-0.2, -0.15) is 0 Å². The lowest BCUT2D eigenvalue weighted by atomic mass is 10.1. The zero-order valence-electron chi connectivity index (χ0n) is 9.19. The van der Waals surface area contributed by atoms with E-state index >= 15 is 0 Å². The van der Waals surface area contributed by atoms with Gasteiger partial charge < -0.3 is 11.1 Å². The lowest BCUT2D eigenvalue weighted by Crippen LogP contribution is -2.39. The molecule has 4 heteroatoms. The van der Waals surface area contributed by atoms with Crippen molar-refractivity contribution in [3.8, 4) is 0 Å². The Hall–Kier alpha value is -0.870. The van der Waals surface area contributed by atoms with E-state index in [0.29, 0.717) is 0 Å². The zero-order valence-corrected chi connectivity index (χ0v) is 10.0. The summed E-state index contributed by atoms with van der Waals surface area (Å²) in [6, 6.07) is 3.51. The van der Waals surface area contributed by atoms with Gasteiger partial charge in [-0.15, -0.1) is 11.3 Å². The van der Waals surface area contributed by atoms with Crippen LogP contribution in [0.25, 0.3) is 0 Å². The fourth-order valence-electron chi connectivity index (χ4n) is 1.38. The summed E-state index contributed by atoms with van der Waals surface area (Å²) in [4.78, 5) is 12.7. The fraction of sp³-hybridized carbons (Fsp3) is 0.545. The van der Waals surface area contributed by atoms with Crippen molar-refractivity contribution in [3.63, 3.8) is 0 Å². The molecule has 1 aromatic heterocycles. The number of hydrogen-bond acceptors (Lipinski definition) is 3. The highest BCUT2D eigenvalue weighted by Gasteiger charge is 2.18. The predicted molar refractivity (Wildman–Crippen MR) is 63.8 cm³/mol. The highest BCUT2D eigenvalue weighted by molar-refractivity contribution is 7.10. The number of carbonyl (C=O) groups excluding carboxylic acids is 1. The predicted octanol–water partition coefficient (Wildman–Crippen LogP) is 2.05. The van der Waals surface area contributed by atoms with E-state index in [4.69, 9.17) is 5.73 Å². The number of nitrogens with two attached hydrogens (primary N) is 1. The van der Waals surface area contributed by atoms with Crippen LogP contribution in [0.15, 0.2) is 17.5 Å². The molecule has 3 nitrogen and oxygen atoms in total. The first-order valence-corrected chi connectivity index (χ1v) is 6.16. The summed E-state index contributed by atoms with van der Waals surface area (Å²) < 4.78 is 0. The van der Waals surface area contributed by atoms with Crippen LogP contribution in [0.2, 0.25) is 0 Å². The molecule has 0 bridgehead atoms. The summed E-state index contributed by atoms with van der Waals surface area (Å²) in [5, 5.41) is 4.88. The van der Waals surface area contributed by atoms with Crippen LogP contribution >= 0.6 is 11.3 Å². The van der Waals surface area contributed by atoms with Crippen molar-refractivity contribution in [2.45, 2.75) is 38.8 Å². The summed E-state index contributed by atoms with van der Waals surface area (Å²) in [6.07, 6.45) is 1.89. The molecular formula is C11H18N2OS. The molecule has 1 rings (SSSR count). The molecular weight excluding hydrogens is 208 g/mol. The van der Waals surface area contributed by atoms with E-state index < -0.39 is 6.04 Å². The molecule has 1 amide bonds. The van der Waals surface area contributed by atoms with Crippen molar-refractivity contribution in [1.29, 1.82) is 0 Å². The van der Waals surface area contributed by atoms with Crippen molar-refractivity contribution in [1.82, 2.24) is 5.32 Å². The summed E-state index contributed by atoms with van der Waals surface area (Å²) in [5.74, 6) is -0.0776. The van der Waals surface area contributed by atoms with Crippen LogP contribution in [-0.4, -0.2) is 11.9 Å². The molecule has 0 fully saturated rings. The van der Waals surface area contributed by atoms with Crippen molar-refractivity contribution in [2.75, 3.05) is 0 Å². The molecule has 1 heterocycles. The third kappa shape index (κ3) is 3.32. The van der Waals surface area contributed by atoms with Crippen molar-refractivity contribution in [2.24, 2.45) is 5.73 Å². The normalized spacial score (nSPS) is 12.8. The Morgan fingerprint density at radius 2 is 2.20 bits per heavy atom. The molecule has 15 heavy (non-hydrogen) atoms. The highest BCUT2D eigenvalue weighted by atomic mass is 32.1. The Morgan fingerprint density at radius 3 is 2.67 bits per heavy atom. The molecule has 0 aliphatic rings. The second-order valence-corrected chi connectivity index (χ2v) is 4.49. The topological polar surface area (TPSA) is 55.1 Å². The van der Waals surface area contributed by atoms with Crippen LogP contribution in [-0.2, 0) is 4.79 Å². The maximum absolute atomic E-state index is 11.7. The van der Waals surface area contributed by atoms with Gasteiger partial charge >= 0.3 is 0 Å². The number of amides is 1. The van der Waals surface area contributed by atoms with E-state index in [9.17, 15) is 4.79 Å². The molecule has 0 spiro atoms. The van der Waals surface area contributed by atoms with Crippen LogP contribution in [0.3, 0.4) is 0 Å². The van der Waals surface area contributed by atoms with Crippen molar-refractivity contribution >= 4 is 17.2 Å². The average molecular weight is 226 g/mol. The van der Waals surface area contributed by atoms with Gasteiger partial charge in [-0.1, -0.05) is 19.9 Å². The van der Waals surface area contributed by atoms with Gasteiger partial charge in [0.1, 0.15) is 6.04 Å². The molecule has 1 aromatic rings. The molecule has 1 atom stereocenters. The molecule has 84 valence electrons. The third-order valence-corrected chi connectivity index (χ3v) is 3.42. The van der Waals surface area contributed by atoms with Gasteiger partial charge in [0, 0.05) is 10.9 Å². The Bertz CT molecular complexity index is 294. The minimum atomic E-state index is -0.523. The van der Waals surface area contributed by atoms with Crippen LogP contribution < -0.4 is 11.1 Å². The summed E-state index contributed by atoms with van der Waals surface area (Å²) >= 11 is 1.52. The minimum absolute atomic E-state index is 0.0776. The van der Waals surface area contributed by atoms with E-state index in [0.717, 1.165) is 17.7 Å². The molecule has 0 aromatic carbocycles. The Labute approximate surface area is 94.7 Å².